The van der Waals surface area contributed by atoms with Crippen molar-refractivity contribution < 1.29 is 23.5 Å². The Balaban J connectivity index is 1.80. The molecule has 0 saturated heterocycles. The molecule has 0 aliphatic heterocycles. The molecule has 2 N–H and O–H groups in total. The van der Waals surface area contributed by atoms with Crippen molar-refractivity contribution in [3.05, 3.63) is 131 Å². The maximum atomic E-state index is 14.4. The molecule has 4 rings (SSSR count). The van der Waals surface area contributed by atoms with Gasteiger partial charge >= 0.3 is 6.09 Å². The number of anilines is 2. The fourth-order valence-corrected chi connectivity index (χ4v) is 4.39. The van der Waals surface area contributed by atoms with Gasteiger partial charge in [-0.05, 0) is 80.4 Å². The molecule has 42 heavy (non-hydrogen) atoms. The largest absolute Gasteiger partial charge is 0.444 e. The summed E-state index contributed by atoms with van der Waals surface area (Å²) in [6.07, 6.45) is -0.732. The Morgan fingerprint density at radius 2 is 1.45 bits per heavy atom. The lowest BCUT2D eigenvalue weighted by molar-refractivity contribution is -0.121. The average molecular weight is 588 g/mol. The van der Waals surface area contributed by atoms with Crippen LogP contribution in [0.25, 0.3) is 0 Å². The number of amides is 3. The van der Waals surface area contributed by atoms with Crippen LogP contribution in [0.2, 0.25) is 5.02 Å². The first-order valence-corrected chi connectivity index (χ1v) is 13.6. The standard InChI is InChI=1S/C33H31ClFN3O4/c1-33(2,3)42-32(41)37-28-12-8-7-11-27(28)31(40)38(21-22-13-19-25(35)20-14-22)29(23-15-17-24(34)18-16-23)30(39)36-26-9-5-4-6-10-26/h4-20,29H,21H2,1-3H3,(H,36,39)(H,37,41). The number of nitrogens with zero attached hydrogens (tertiary/aromatic N) is 1. The highest BCUT2D eigenvalue weighted by molar-refractivity contribution is 6.30. The van der Waals surface area contributed by atoms with Gasteiger partial charge in [0.15, 0.2) is 0 Å². The van der Waals surface area contributed by atoms with Crippen molar-refractivity contribution in [2.24, 2.45) is 0 Å². The lowest BCUT2D eigenvalue weighted by Gasteiger charge is -2.32. The molecule has 9 heteroatoms. The highest BCUT2D eigenvalue weighted by atomic mass is 35.5. The Labute approximate surface area is 249 Å². The third-order valence-corrected chi connectivity index (χ3v) is 6.36. The zero-order valence-corrected chi connectivity index (χ0v) is 24.2. The minimum Gasteiger partial charge on any atom is -0.444 e. The van der Waals surface area contributed by atoms with Crippen LogP contribution >= 0.6 is 11.6 Å². The molecule has 0 bridgehead atoms. The van der Waals surface area contributed by atoms with Gasteiger partial charge in [0.05, 0.1) is 11.3 Å². The lowest BCUT2D eigenvalue weighted by Crippen LogP contribution is -2.41. The van der Waals surface area contributed by atoms with Crippen molar-refractivity contribution in [2.45, 2.75) is 39.0 Å². The Kier molecular flexibility index (Phi) is 9.60. The van der Waals surface area contributed by atoms with Crippen LogP contribution in [0.3, 0.4) is 0 Å². The summed E-state index contributed by atoms with van der Waals surface area (Å²) in [6, 6.07) is 26.5. The minimum atomic E-state index is -1.13. The number of para-hydroxylation sites is 2. The first-order chi connectivity index (χ1) is 20.0. The number of halogens is 2. The molecule has 1 unspecified atom stereocenters. The zero-order valence-electron chi connectivity index (χ0n) is 23.4. The van der Waals surface area contributed by atoms with Gasteiger partial charge in [0.25, 0.3) is 11.8 Å². The number of ether oxygens (including phenoxy) is 1. The molecule has 1 atom stereocenters. The fraction of sp³-hybridized carbons (Fsp3) is 0.182. The van der Waals surface area contributed by atoms with Crippen molar-refractivity contribution in [1.82, 2.24) is 4.90 Å². The second-order valence-corrected chi connectivity index (χ2v) is 11.0. The van der Waals surface area contributed by atoms with Gasteiger partial charge in [-0.15, -0.1) is 0 Å². The third kappa shape index (κ3) is 8.17. The van der Waals surface area contributed by atoms with E-state index in [0.29, 0.717) is 21.8 Å². The first kappa shape index (κ1) is 30.3. The zero-order chi connectivity index (χ0) is 30.3. The van der Waals surface area contributed by atoms with E-state index in [1.807, 2.05) is 6.07 Å². The van der Waals surface area contributed by atoms with E-state index in [4.69, 9.17) is 16.3 Å². The molecule has 0 aliphatic rings. The maximum absolute atomic E-state index is 14.4. The van der Waals surface area contributed by atoms with E-state index < -0.39 is 35.4 Å². The Hall–Kier alpha value is -4.69. The molecule has 0 radical (unpaired) electrons. The van der Waals surface area contributed by atoms with Crippen molar-refractivity contribution in [2.75, 3.05) is 10.6 Å². The smallest absolute Gasteiger partial charge is 0.412 e. The second kappa shape index (κ2) is 13.3. The van der Waals surface area contributed by atoms with Crippen LogP contribution in [0, 0.1) is 5.82 Å². The molecular formula is C33H31ClFN3O4. The predicted molar refractivity (Wildman–Crippen MR) is 162 cm³/mol. The van der Waals surface area contributed by atoms with E-state index in [1.54, 1.807) is 106 Å². The SMILES string of the molecule is CC(C)(C)OC(=O)Nc1ccccc1C(=O)N(Cc1ccc(F)cc1)C(C(=O)Nc1ccccc1)c1ccc(Cl)cc1. The lowest BCUT2D eigenvalue weighted by atomic mass is 10.0. The normalized spacial score (nSPS) is 11.7. The van der Waals surface area contributed by atoms with Gasteiger partial charge in [0, 0.05) is 17.3 Å². The molecule has 7 nitrogen and oxygen atoms in total. The third-order valence-electron chi connectivity index (χ3n) is 6.11. The first-order valence-electron chi connectivity index (χ1n) is 13.3. The van der Waals surface area contributed by atoms with E-state index in [9.17, 15) is 18.8 Å². The van der Waals surface area contributed by atoms with Gasteiger partial charge in [-0.3, -0.25) is 14.9 Å². The van der Waals surface area contributed by atoms with Gasteiger partial charge in [-0.1, -0.05) is 66.2 Å². The molecule has 0 heterocycles. The number of carbonyl (C=O) groups is 3. The number of carbonyl (C=O) groups excluding carboxylic acids is 3. The van der Waals surface area contributed by atoms with E-state index in [1.165, 1.54) is 17.0 Å². The van der Waals surface area contributed by atoms with Crippen LogP contribution in [0.1, 0.15) is 48.3 Å². The number of benzene rings is 4. The van der Waals surface area contributed by atoms with E-state index in [2.05, 4.69) is 10.6 Å². The quantitative estimate of drug-likeness (QED) is 0.220. The summed E-state index contributed by atoms with van der Waals surface area (Å²) in [5, 5.41) is 6.01. The Morgan fingerprint density at radius 1 is 0.833 bits per heavy atom. The number of rotatable bonds is 8. The van der Waals surface area contributed by atoms with E-state index >= 15 is 0 Å². The van der Waals surface area contributed by atoms with Crippen LogP contribution in [0.15, 0.2) is 103 Å². The van der Waals surface area contributed by atoms with Crippen LogP contribution < -0.4 is 10.6 Å². The molecule has 4 aromatic carbocycles. The Bertz CT molecular complexity index is 1540. The summed E-state index contributed by atoms with van der Waals surface area (Å²) in [7, 11) is 0. The Morgan fingerprint density at radius 3 is 2.10 bits per heavy atom. The average Bonchev–Trinajstić information content (AvgIpc) is 2.94. The molecule has 0 fully saturated rings. The topological polar surface area (TPSA) is 87.7 Å². The summed E-state index contributed by atoms with van der Waals surface area (Å²) >= 11 is 6.15. The molecule has 0 saturated carbocycles. The van der Waals surface area contributed by atoms with Crippen molar-refractivity contribution in [3.63, 3.8) is 0 Å². The summed E-state index contributed by atoms with van der Waals surface area (Å²) in [5.74, 6) is -1.45. The molecule has 0 aromatic heterocycles. The van der Waals surface area contributed by atoms with Gasteiger partial charge in [-0.2, -0.15) is 0 Å². The van der Waals surface area contributed by atoms with E-state index in [0.717, 1.165) is 0 Å². The predicted octanol–water partition coefficient (Wildman–Crippen LogP) is 7.85. The fourth-order valence-electron chi connectivity index (χ4n) is 4.26. The molecule has 4 aromatic rings. The summed E-state index contributed by atoms with van der Waals surface area (Å²) in [6.45, 7) is 5.15. The van der Waals surface area contributed by atoms with Gasteiger partial charge in [-0.25, -0.2) is 9.18 Å². The van der Waals surface area contributed by atoms with Gasteiger partial charge in [0.1, 0.15) is 17.5 Å². The molecule has 0 aliphatic carbocycles. The molecule has 3 amide bonds. The molecule has 216 valence electrons. The highest BCUT2D eigenvalue weighted by Crippen LogP contribution is 2.30. The summed E-state index contributed by atoms with van der Waals surface area (Å²) in [4.78, 5) is 42.4. The van der Waals surface area contributed by atoms with Crippen LogP contribution in [0.5, 0.6) is 0 Å². The maximum Gasteiger partial charge on any atom is 0.412 e. The number of hydrogen-bond acceptors (Lipinski definition) is 4. The second-order valence-electron chi connectivity index (χ2n) is 10.5. The number of hydrogen-bond donors (Lipinski definition) is 2. The van der Waals surface area contributed by atoms with E-state index in [-0.39, 0.29) is 17.8 Å². The van der Waals surface area contributed by atoms with Crippen LogP contribution in [-0.4, -0.2) is 28.4 Å². The van der Waals surface area contributed by atoms with Gasteiger partial charge < -0.3 is 15.0 Å². The monoisotopic (exact) mass is 587 g/mol. The minimum absolute atomic E-state index is 0.0462. The van der Waals surface area contributed by atoms with Gasteiger partial charge in [0.2, 0.25) is 0 Å². The number of nitrogens with one attached hydrogen (secondary N) is 2. The van der Waals surface area contributed by atoms with Crippen LogP contribution in [-0.2, 0) is 16.1 Å². The summed E-state index contributed by atoms with van der Waals surface area (Å²) < 4.78 is 19.2. The summed E-state index contributed by atoms with van der Waals surface area (Å²) in [5.41, 5.74) is 1.22. The van der Waals surface area contributed by atoms with Crippen LogP contribution in [0.4, 0.5) is 20.6 Å². The van der Waals surface area contributed by atoms with Crippen molar-refractivity contribution in [3.8, 4) is 0 Å². The highest BCUT2D eigenvalue weighted by Gasteiger charge is 2.34. The van der Waals surface area contributed by atoms with Crippen molar-refractivity contribution >= 4 is 40.9 Å². The molecular weight excluding hydrogens is 557 g/mol. The van der Waals surface area contributed by atoms with Crippen molar-refractivity contribution in [1.29, 1.82) is 0 Å². The molecule has 0 spiro atoms.